The van der Waals surface area contributed by atoms with E-state index in [1.807, 2.05) is 26.8 Å². The number of amides is 2. The minimum atomic E-state index is -0.672. The van der Waals surface area contributed by atoms with Crippen LogP contribution in [0.3, 0.4) is 0 Å². The predicted molar refractivity (Wildman–Crippen MR) is 175 cm³/mol. The van der Waals surface area contributed by atoms with Crippen molar-refractivity contribution >= 4 is 67.7 Å². The summed E-state index contributed by atoms with van der Waals surface area (Å²) in [6.45, 7) is 5.29. The topological polar surface area (TPSA) is 93.6 Å². The normalized spacial score (nSPS) is 21.6. The minimum absolute atomic E-state index is 0.132. The molecule has 45 heavy (non-hydrogen) atoms. The summed E-state index contributed by atoms with van der Waals surface area (Å²) in [7, 11) is 0. The quantitative estimate of drug-likeness (QED) is 0.0900. The second kappa shape index (κ2) is 11.0. The van der Waals surface area contributed by atoms with Crippen molar-refractivity contribution in [3.8, 4) is 11.3 Å². The lowest BCUT2D eigenvalue weighted by molar-refractivity contribution is -0.123. The lowest BCUT2D eigenvalue weighted by Crippen LogP contribution is -2.32. The summed E-state index contributed by atoms with van der Waals surface area (Å²) >= 11 is 10.0. The number of hydrogen-bond acceptors (Lipinski definition) is 6. The second-order valence-corrected chi connectivity index (χ2v) is 13.3. The first-order valence-electron chi connectivity index (χ1n) is 14.8. The zero-order valence-electron chi connectivity index (χ0n) is 24.8. The van der Waals surface area contributed by atoms with E-state index in [-0.39, 0.29) is 46.8 Å². The summed E-state index contributed by atoms with van der Waals surface area (Å²) in [4.78, 5) is 59.2. The first-order valence-corrected chi connectivity index (χ1v) is 15.9. The number of Topliss-reactive ketones (excluding diaryl/α,β-unsaturated/α-hetero) is 1. The molecule has 0 N–H and O–H groups in total. The van der Waals surface area contributed by atoms with Crippen LogP contribution < -0.4 is 4.90 Å². The number of rotatable bonds is 6. The van der Waals surface area contributed by atoms with Crippen LogP contribution in [-0.2, 0) is 14.3 Å². The Bertz CT molecular complexity index is 1970. The van der Waals surface area contributed by atoms with Gasteiger partial charge < -0.3 is 4.74 Å². The van der Waals surface area contributed by atoms with E-state index >= 15 is 0 Å². The van der Waals surface area contributed by atoms with E-state index in [0.717, 1.165) is 17.5 Å². The summed E-state index contributed by atoms with van der Waals surface area (Å²) in [5.74, 6) is -1.56. The molecule has 7 nitrogen and oxygen atoms in total. The van der Waals surface area contributed by atoms with E-state index in [1.165, 1.54) is 4.90 Å². The summed E-state index contributed by atoms with van der Waals surface area (Å²) in [5, 5.41) is 0.989. The zero-order chi connectivity index (χ0) is 31.7. The molecule has 1 saturated heterocycles. The lowest BCUT2D eigenvalue weighted by atomic mass is 9.85. The Hall–Kier alpha value is -4.14. The summed E-state index contributed by atoms with van der Waals surface area (Å²) in [6, 6.07) is 15.7. The van der Waals surface area contributed by atoms with Crippen LogP contribution >= 0.6 is 27.5 Å². The average Bonchev–Trinajstić information content (AvgIpc) is 3.73. The molecule has 0 radical (unpaired) electrons. The summed E-state index contributed by atoms with van der Waals surface area (Å²) in [6.07, 6.45) is 5.02. The van der Waals surface area contributed by atoms with Crippen molar-refractivity contribution in [3.05, 3.63) is 104 Å². The van der Waals surface area contributed by atoms with Gasteiger partial charge in [0.05, 0.1) is 39.3 Å². The van der Waals surface area contributed by atoms with Gasteiger partial charge >= 0.3 is 5.97 Å². The molecule has 1 aliphatic heterocycles. The Labute approximate surface area is 273 Å². The number of imide groups is 1. The number of ketones is 1. The predicted octanol–water partition coefficient (Wildman–Crippen LogP) is 7.59. The van der Waals surface area contributed by atoms with Crippen molar-refractivity contribution < 1.29 is 23.9 Å². The van der Waals surface area contributed by atoms with Gasteiger partial charge in [0, 0.05) is 21.0 Å². The summed E-state index contributed by atoms with van der Waals surface area (Å²) in [5.41, 5.74) is 5.58. The molecular weight excluding hydrogens is 656 g/mol. The number of esters is 1. The number of aryl methyl sites for hydroxylation is 3. The van der Waals surface area contributed by atoms with Crippen LogP contribution in [0.2, 0.25) is 5.02 Å². The molecule has 3 aliphatic rings. The number of aromatic nitrogens is 1. The van der Waals surface area contributed by atoms with Crippen LogP contribution in [0.4, 0.5) is 5.69 Å². The number of halogens is 2. The largest absolute Gasteiger partial charge is 0.454 e. The molecule has 7 rings (SSSR count). The van der Waals surface area contributed by atoms with Crippen LogP contribution in [-0.4, -0.2) is 35.2 Å². The van der Waals surface area contributed by atoms with Gasteiger partial charge in [-0.15, -0.1) is 0 Å². The summed E-state index contributed by atoms with van der Waals surface area (Å²) < 4.78 is 6.14. The third-order valence-corrected chi connectivity index (χ3v) is 10.8. The molecule has 2 heterocycles. The van der Waals surface area contributed by atoms with E-state index in [9.17, 15) is 19.2 Å². The highest BCUT2D eigenvalue weighted by Crippen LogP contribution is 2.53. The average molecular weight is 684 g/mol. The van der Waals surface area contributed by atoms with Gasteiger partial charge in [0.15, 0.2) is 12.4 Å². The number of carbonyl (C=O) groups excluding carboxylic acids is 4. The highest BCUT2D eigenvalue weighted by molar-refractivity contribution is 9.10. The van der Waals surface area contributed by atoms with Crippen LogP contribution in [0.5, 0.6) is 0 Å². The Kier molecular flexibility index (Phi) is 7.25. The minimum Gasteiger partial charge on any atom is -0.454 e. The van der Waals surface area contributed by atoms with E-state index in [0.29, 0.717) is 48.5 Å². The molecule has 3 aromatic carbocycles. The van der Waals surface area contributed by atoms with E-state index in [4.69, 9.17) is 21.3 Å². The van der Waals surface area contributed by atoms with Gasteiger partial charge in [0.25, 0.3) is 0 Å². The molecule has 226 valence electrons. The van der Waals surface area contributed by atoms with Crippen molar-refractivity contribution in [2.24, 2.45) is 23.7 Å². The fourth-order valence-electron chi connectivity index (χ4n) is 6.92. The Morgan fingerprint density at radius 3 is 2.24 bits per heavy atom. The van der Waals surface area contributed by atoms with Gasteiger partial charge in [-0.1, -0.05) is 48.0 Å². The van der Waals surface area contributed by atoms with Gasteiger partial charge in [-0.05, 0) is 102 Å². The van der Waals surface area contributed by atoms with Gasteiger partial charge in [-0.25, -0.2) is 9.78 Å². The monoisotopic (exact) mass is 682 g/mol. The number of anilines is 1. The molecule has 2 amide bonds. The molecule has 1 saturated carbocycles. The Morgan fingerprint density at radius 1 is 0.933 bits per heavy atom. The molecule has 2 aliphatic carbocycles. The van der Waals surface area contributed by atoms with E-state index in [1.54, 1.807) is 48.5 Å². The fourth-order valence-corrected chi connectivity index (χ4v) is 7.59. The van der Waals surface area contributed by atoms with Crippen molar-refractivity contribution in [2.45, 2.75) is 27.2 Å². The maximum Gasteiger partial charge on any atom is 0.339 e. The van der Waals surface area contributed by atoms with Crippen molar-refractivity contribution in [1.29, 1.82) is 0 Å². The number of fused-ring (bicyclic) bond motifs is 6. The highest BCUT2D eigenvalue weighted by atomic mass is 79.9. The highest BCUT2D eigenvalue weighted by Gasteiger charge is 2.59. The third-order valence-electron chi connectivity index (χ3n) is 9.50. The number of nitrogens with zero attached hydrogens (tertiary/aromatic N) is 2. The smallest absolute Gasteiger partial charge is 0.339 e. The molecule has 4 unspecified atom stereocenters. The zero-order valence-corrected chi connectivity index (χ0v) is 27.1. The first-order chi connectivity index (χ1) is 21.5. The molecule has 1 aromatic heterocycles. The molecule has 2 bridgehead atoms. The number of carbonyl (C=O) groups is 4. The molecule has 2 fully saturated rings. The van der Waals surface area contributed by atoms with E-state index in [2.05, 4.69) is 28.1 Å². The van der Waals surface area contributed by atoms with E-state index < -0.39 is 12.6 Å². The number of benzene rings is 3. The number of pyridine rings is 1. The van der Waals surface area contributed by atoms with Crippen molar-refractivity contribution in [3.63, 3.8) is 0 Å². The molecule has 0 spiro atoms. The number of hydrogen-bond donors (Lipinski definition) is 0. The molecule has 4 atom stereocenters. The first kappa shape index (κ1) is 29.6. The fraction of sp³-hybridized carbons (Fsp3) is 0.250. The van der Waals surface area contributed by atoms with Crippen LogP contribution in [0.15, 0.2) is 71.2 Å². The molecule has 4 aromatic rings. The van der Waals surface area contributed by atoms with Gasteiger partial charge in [-0.3, -0.25) is 19.3 Å². The van der Waals surface area contributed by atoms with Crippen molar-refractivity contribution in [2.75, 3.05) is 11.5 Å². The molecular formula is C36H28BrClN2O5. The lowest BCUT2D eigenvalue weighted by Gasteiger charge is -2.18. The van der Waals surface area contributed by atoms with Crippen LogP contribution in [0.25, 0.3) is 22.2 Å². The maximum absolute atomic E-state index is 13.5. The van der Waals surface area contributed by atoms with Gasteiger partial charge in [-0.2, -0.15) is 0 Å². The molecule has 9 heteroatoms. The number of ether oxygens (including phenoxy) is 1. The number of allylic oxidation sites excluding steroid dienone is 2. The van der Waals surface area contributed by atoms with Crippen LogP contribution in [0.1, 0.15) is 43.8 Å². The second-order valence-electron chi connectivity index (χ2n) is 12.1. The van der Waals surface area contributed by atoms with Crippen LogP contribution in [0, 0.1) is 44.4 Å². The maximum atomic E-state index is 13.5. The van der Waals surface area contributed by atoms with Gasteiger partial charge in [0.1, 0.15) is 0 Å². The van der Waals surface area contributed by atoms with Crippen molar-refractivity contribution in [1.82, 2.24) is 4.98 Å². The standard InChI is InChI=1S/C36H28BrClN2O5/c1-17-4-5-21(12-18(17)2)29(41)16-45-36(44)26-15-28(39-33-19(3)32(38)27(37)14-25(26)33)20-8-10-24(11-9-20)40-34(42)30-22-6-7-23(13-22)31(30)35(40)43/h4-12,14-15,22-23,30-31H,13,16H2,1-3H3. The SMILES string of the molecule is Cc1ccc(C(=O)COC(=O)c2cc(-c3ccc(N4C(=O)C5C6C=CC(C6)C5C4=O)cc3)nc3c(C)c(Cl)c(Br)cc23)cc1C. The Balaban J connectivity index is 1.20. The van der Waals surface area contributed by atoms with Gasteiger partial charge in [0.2, 0.25) is 11.8 Å². The third kappa shape index (κ3) is 4.82. The Morgan fingerprint density at radius 2 is 1.60 bits per heavy atom.